The average molecular weight is 319 g/mol. The molecule has 0 aliphatic carbocycles. The zero-order valence-corrected chi connectivity index (χ0v) is 13.2. The van der Waals surface area contributed by atoms with E-state index in [9.17, 15) is 4.79 Å². The lowest BCUT2D eigenvalue weighted by Gasteiger charge is -1.94. The molecule has 3 rings (SSSR count). The number of carboxylic acid groups (broad SMARTS) is 1. The van der Waals surface area contributed by atoms with E-state index in [1.807, 2.05) is 35.9 Å². The zero-order valence-electron chi connectivity index (χ0n) is 11.5. The van der Waals surface area contributed by atoms with Gasteiger partial charge in [-0.1, -0.05) is 17.8 Å². The summed E-state index contributed by atoms with van der Waals surface area (Å²) in [6.07, 6.45) is 3.97. The van der Waals surface area contributed by atoms with Crippen molar-refractivity contribution >= 4 is 34.7 Å². The van der Waals surface area contributed by atoms with E-state index in [1.165, 1.54) is 23.1 Å². The molecule has 0 amide bonds. The second-order valence-electron chi connectivity index (χ2n) is 4.64. The molecule has 0 aromatic carbocycles. The third kappa shape index (κ3) is 2.79. The van der Waals surface area contributed by atoms with Gasteiger partial charge in [0.05, 0.1) is 11.4 Å². The normalized spacial score (nSPS) is 11.1. The Morgan fingerprint density at radius 3 is 2.90 bits per heavy atom. The molecule has 0 unspecified atom stereocenters. The van der Waals surface area contributed by atoms with Gasteiger partial charge in [0.1, 0.15) is 10.5 Å². The van der Waals surface area contributed by atoms with Crippen LogP contribution in [-0.2, 0) is 5.75 Å². The number of pyridine rings is 1. The predicted octanol–water partition coefficient (Wildman–Crippen LogP) is 3.40. The largest absolute Gasteiger partial charge is 0.477 e. The number of hydrogen-bond donors (Lipinski definition) is 1. The molecule has 0 bridgehead atoms. The molecule has 0 aliphatic heterocycles. The van der Waals surface area contributed by atoms with E-state index < -0.39 is 5.97 Å². The summed E-state index contributed by atoms with van der Waals surface area (Å²) in [5.74, 6) is -0.243. The van der Waals surface area contributed by atoms with Gasteiger partial charge in [-0.15, -0.1) is 11.3 Å². The molecule has 0 radical (unpaired) electrons. The van der Waals surface area contributed by atoms with Gasteiger partial charge < -0.3 is 9.51 Å². The molecule has 3 aromatic heterocycles. The van der Waals surface area contributed by atoms with Gasteiger partial charge in [0, 0.05) is 18.1 Å². The van der Waals surface area contributed by atoms with E-state index in [2.05, 4.69) is 9.97 Å². The van der Waals surface area contributed by atoms with Gasteiger partial charge in [0.25, 0.3) is 0 Å². The number of aryl methyl sites for hydroxylation is 2. The second kappa shape index (κ2) is 5.50. The highest BCUT2D eigenvalue weighted by Gasteiger charge is 2.14. The van der Waals surface area contributed by atoms with Crippen molar-refractivity contribution < 1.29 is 9.90 Å². The number of aromatic carboxylic acids is 1. The fourth-order valence-electron chi connectivity index (χ4n) is 2.04. The standard InChI is InChI=1S/C14H13N3O2S2/c1-8-4-3-5-17-6-10(16-12(8)17)7-20-14-15-9(2)11(21-14)13(18)19/h3-6H,7H2,1-2H3,(H,18,19). The number of fused-ring (bicyclic) bond motifs is 1. The molecular formula is C14H13N3O2S2. The van der Waals surface area contributed by atoms with Crippen LogP contribution in [0.5, 0.6) is 0 Å². The number of imidazole rings is 1. The fourth-order valence-corrected chi connectivity index (χ4v) is 3.95. The lowest BCUT2D eigenvalue weighted by atomic mass is 10.3. The summed E-state index contributed by atoms with van der Waals surface area (Å²) in [5, 5.41) is 9.04. The Hall–Kier alpha value is -1.86. The van der Waals surface area contributed by atoms with Gasteiger partial charge in [-0.05, 0) is 25.5 Å². The van der Waals surface area contributed by atoms with Gasteiger partial charge in [0.15, 0.2) is 4.34 Å². The summed E-state index contributed by atoms with van der Waals surface area (Å²) in [6.45, 7) is 3.75. The molecular weight excluding hydrogens is 306 g/mol. The van der Waals surface area contributed by atoms with Crippen LogP contribution < -0.4 is 0 Å². The Kier molecular flexibility index (Phi) is 3.69. The fraction of sp³-hybridized carbons (Fsp3) is 0.214. The van der Waals surface area contributed by atoms with E-state index in [0.29, 0.717) is 16.3 Å². The highest BCUT2D eigenvalue weighted by molar-refractivity contribution is 8.00. The maximum Gasteiger partial charge on any atom is 0.347 e. The number of aromatic nitrogens is 3. The Balaban J connectivity index is 1.78. The predicted molar refractivity (Wildman–Crippen MR) is 83.3 cm³/mol. The Morgan fingerprint density at radius 1 is 1.43 bits per heavy atom. The lowest BCUT2D eigenvalue weighted by Crippen LogP contribution is -1.94. The zero-order chi connectivity index (χ0) is 15.0. The molecule has 0 fully saturated rings. The lowest BCUT2D eigenvalue weighted by molar-refractivity contribution is 0.0701. The first-order valence-electron chi connectivity index (χ1n) is 6.31. The van der Waals surface area contributed by atoms with Crippen molar-refractivity contribution in [1.82, 2.24) is 14.4 Å². The molecule has 5 nitrogen and oxygen atoms in total. The number of rotatable bonds is 4. The number of thioether (sulfide) groups is 1. The maximum atomic E-state index is 11.0. The van der Waals surface area contributed by atoms with Crippen molar-refractivity contribution in [3.05, 3.63) is 46.4 Å². The van der Waals surface area contributed by atoms with Crippen molar-refractivity contribution in [3.8, 4) is 0 Å². The summed E-state index contributed by atoms with van der Waals surface area (Å²) in [4.78, 5) is 20.2. The van der Waals surface area contributed by atoms with E-state index in [4.69, 9.17) is 5.11 Å². The van der Waals surface area contributed by atoms with Crippen LogP contribution in [0.15, 0.2) is 28.9 Å². The molecule has 0 spiro atoms. The van der Waals surface area contributed by atoms with Gasteiger partial charge in [-0.25, -0.2) is 14.8 Å². The molecule has 0 atom stereocenters. The van der Waals surface area contributed by atoms with Crippen LogP contribution in [0.3, 0.4) is 0 Å². The van der Waals surface area contributed by atoms with Crippen molar-refractivity contribution in [3.63, 3.8) is 0 Å². The molecule has 3 aromatic rings. The van der Waals surface area contributed by atoms with Crippen LogP contribution in [0.1, 0.15) is 26.6 Å². The van der Waals surface area contributed by atoms with Gasteiger partial charge >= 0.3 is 5.97 Å². The molecule has 0 saturated heterocycles. The third-order valence-electron chi connectivity index (χ3n) is 3.04. The maximum absolute atomic E-state index is 11.0. The minimum Gasteiger partial charge on any atom is -0.477 e. The third-order valence-corrected chi connectivity index (χ3v) is 5.36. The molecule has 108 valence electrons. The summed E-state index contributed by atoms with van der Waals surface area (Å²) < 4.78 is 2.76. The van der Waals surface area contributed by atoms with Gasteiger partial charge in [-0.2, -0.15) is 0 Å². The van der Waals surface area contributed by atoms with Gasteiger partial charge in [0.2, 0.25) is 0 Å². The summed E-state index contributed by atoms with van der Waals surface area (Å²) in [5.41, 5.74) is 3.61. The Morgan fingerprint density at radius 2 is 2.24 bits per heavy atom. The summed E-state index contributed by atoms with van der Waals surface area (Å²) >= 11 is 2.73. The minimum atomic E-state index is -0.916. The van der Waals surface area contributed by atoms with E-state index in [-0.39, 0.29) is 0 Å². The molecule has 0 aliphatic rings. The number of carbonyl (C=O) groups is 1. The Bertz CT molecular complexity index is 823. The Labute approximate surface area is 129 Å². The van der Waals surface area contributed by atoms with Crippen LogP contribution in [-0.4, -0.2) is 25.4 Å². The number of hydrogen-bond acceptors (Lipinski definition) is 5. The van der Waals surface area contributed by atoms with Crippen molar-refractivity contribution in [1.29, 1.82) is 0 Å². The van der Waals surface area contributed by atoms with Crippen molar-refractivity contribution in [2.24, 2.45) is 0 Å². The topological polar surface area (TPSA) is 67.5 Å². The molecule has 21 heavy (non-hydrogen) atoms. The van der Waals surface area contributed by atoms with E-state index in [1.54, 1.807) is 6.92 Å². The van der Waals surface area contributed by atoms with Crippen LogP contribution in [0.25, 0.3) is 5.65 Å². The number of thiazole rings is 1. The van der Waals surface area contributed by atoms with Gasteiger partial charge in [-0.3, -0.25) is 0 Å². The average Bonchev–Trinajstić information content (AvgIpc) is 3.00. The van der Waals surface area contributed by atoms with Crippen LogP contribution in [0.4, 0.5) is 0 Å². The number of carboxylic acids is 1. The van der Waals surface area contributed by atoms with Crippen molar-refractivity contribution in [2.75, 3.05) is 0 Å². The summed E-state index contributed by atoms with van der Waals surface area (Å²) in [6, 6.07) is 4.02. The molecule has 3 heterocycles. The molecule has 0 saturated carbocycles. The SMILES string of the molecule is Cc1nc(SCc2cn3cccc(C)c3n2)sc1C(=O)O. The van der Waals surface area contributed by atoms with E-state index in [0.717, 1.165) is 21.2 Å². The minimum absolute atomic E-state index is 0.309. The van der Waals surface area contributed by atoms with Crippen LogP contribution >= 0.6 is 23.1 Å². The number of nitrogens with zero attached hydrogens (tertiary/aromatic N) is 3. The highest BCUT2D eigenvalue weighted by Crippen LogP contribution is 2.29. The first-order valence-corrected chi connectivity index (χ1v) is 8.11. The summed E-state index contributed by atoms with van der Waals surface area (Å²) in [7, 11) is 0. The van der Waals surface area contributed by atoms with Crippen LogP contribution in [0, 0.1) is 13.8 Å². The van der Waals surface area contributed by atoms with Crippen molar-refractivity contribution in [2.45, 2.75) is 23.9 Å². The van der Waals surface area contributed by atoms with E-state index >= 15 is 0 Å². The highest BCUT2D eigenvalue weighted by atomic mass is 32.2. The first-order chi connectivity index (χ1) is 10.0. The quantitative estimate of drug-likeness (QED) is 0.747. The molecule has 7 heteroatoms. The smallest absolute Gasteiger partial charge is 0.347 e. The van der Waals surface area contributed by atoms with Crippen LogP contribution in [0.2, 0.25) is 0 Å². The molecule has 1 N–H and O–H groups in total. The monoisotopic (exact) mass is 319 g/mol. The first kappa shape index (κ1) is 14.1. The second-order valence-corrected chi connectivity index (χ2v) is 6.86.